The van der Waals surface area contributed by atoms with Gasteiger partial charge in [0.05, 0.1) is 11.3 Å². The van der Waals surface area contributed by atoms with E-state index in [4.69, 9.17) is 23.8 Å². The summed E-state index contributed by atoms with van der Waals surface area (Å²) in [7, 11) is 0. The van der Waals surface area contributed by atoms with Gasteiger partial charge in [0, 0.05) is 11.1 Å². The molecule has 0 unspecified atom stereocenters. The number of rotatable bonds is 2. The van der Waals surface area contributed by atoms with E-state index >= 15 is 0 Å². The van der Waals surface area contributed by atoms with Crippen molar-refractivity contribution >= 4 is 23.8 Å². The number of nitrogens with one attached hydrogen (secondary N) is 1. The number of aromatic amines is 1. The molecule has 0 aliphatic carbocycles. The van der Waals surface area contributed by atoms with E-state index in [0.717, 1.165) is 5.69 Å². The Morgan fingerprint density at radius 2 is 1.82 bits per heavy atom. The molecule has 0 atom stereocenters. The lowest BCUT2D eigenvalue weighted by molar-refractivity contribution is 0.449. The second kappa shape index (κ2) is 5.47. The smallest absolute Gasteiger partial charge is 0.200 e. The van der Waals surface area contributed by atoms with Crippen LogP contribution in [-0.4, -0.2) is 25.0 Å². The zero-order valence-electron chi connectivity index (χ0n) is 11.5. The number of benzene rings is 2. The molecule has 0 aliphatic heterocycles. The molecule has 22 heavy (non-hydrogen) atoms. The van der Waals surface area contributed by atoms with Crippen molar-refractivity contribution in [1.29, 1.82) is 0 Å². The van der Waals surface area contributed by atoms with Gasteiger partial charge in [0.15, 0.2) is 10.6 Å². The average Bonchev–Trinajstić information content (AvgIpc) is 2.85. The van der Waals surface area contributed by atoms with Crippen molar-refractivity contribution in [2.24, 2.45) is 0 Å². The Morgan fingerprint density at radius 3 is 2.50 bits per heavy atom. The van der Waals surface area contributed by atoms with Crippen molar-refractivity contribution in [1.82, 2.24) is 14.8 Å². The van der Waals surface area contributed by atoms with E-state index in [9.17, 15) is 10.2 Å². The van der Waals surface area contributed by atoms with Crippen molar-refractivity contribution in [2.45, 2.75) is 6.92 Å². The highest BCUT2D eigenvalue weighted by atomic mass is 35.5. The highest BCUT2D eigenvalue weighted by Crippen LogP contribution is 2.34. The van der Waals surface area contributed by atoms with Gasteiger partial charge in [-0.2, -0.15) is 5.10 Å². The van der Waals surface area contributed by atoms with Crippen LogP contribution < -0.4 is 0 Å². The van der Waals surface area contributed by atoms with Crippen LogP contribution in [0.1, 0.15) is 5.56 Å². The lowest BCUT2D eigenvalue weighted by Crippen LogP contribution is -1.98. The molecule has 112 valence electrons. The number of phenols is 2. The first kappa shape index (κ1) is 14.6. The summed E-state index contributed by atoms with van der Waals surface area (Å²) < 4.78 is 2.08. The topological polar surface area (TPSA) is 74.1 Å². The molecule has 1 heterocycles. The number of aryl methyl sites for hydroxylation is 1. The number of aromatic hydroxyl groups is 2. The number of hydrogen-bond donors (Lipinski definition) is 3. The van der Waals surface area contributed by atoms with Crippen LogP contribution in [0.5, 0.6) is 11.5 Å². The van der Waals surface area contributed by atoms with Crippen molar-refractivity contribution in [3.05, 3.63) is 51.8 Å². The van der Waals surface area contributed by atoms with Gasteiger partial charge in [-0.15, -0.1) is 0 Å². The van der Waals surface area contributed by atoms with Crippen molar-refractivity contribution < 1.29 is 10.2 Å². The van der Waals surface area contributed by atoms with E-state index in [-0.39, 0.29) is 11.5 Å². The van der Waals surface area contributed by atoms with Gasteiger partial charge in [0.2, 0.25) is 0 Å². The maximum atomic E-state index is 10.1. The zero-order valence-corrected chi connectivity index (χ0v) is 13.1. The first-order chi connectivity index (χ1) is 10.5. The number of nitrogens with zero attached hydrogens (tertiary/aromatic N) is 2. The molecule has 0 saturated carbocycles. The Kier molecular flexibility index (Phi) is 3.64. The second-order valence-corrected chi connectivity index (χ2v) is 5.64. The third-order valence-corrected chi connectivity index (χ3v) is 3.84. The molecular weight excluding hydrogens is 322 g/mol. The third kappa shape index (κ3) is 2.47. The third-order valence-electron chi connectivity index (χ3n) is 3.31. The summed E-state index contributed by atoms with van der Waals surface area (Å²) in [5.41, 5.74) is 1.87. The molecule has 0 aliphatic rings. The molecule has 0 spiro atoms. The Morgan fingerprint density at radius 1 is 1.14 bits per heavy atom. The largest absolute Gasteiger partial charge is 0.508 e. The molecule has 0 amide bonds. The molecule has 5 nitrogen and oxygen atoms in total. The maximum absolute atomic E-state index is 10.1. The Balaban J connectivity index is 2.24. The molecule has 7 heteroatoms. The van der Waals surface area contributed by atoms with Crippen LogP contribution in [-0.2, 0) is 0 Å². The SMILES string of the molecule is Cc1cc(-c2n[nH]c(=S)n2-c2ccc(Cl)cc2)c(O)cc1O. The van der Waals surface area contributed by atoms with Crippen LogP contribution in [0.4, 0.5) is 0 Å². The minimum absolute atomic E-state index is 0.0217. The van der Waals surface area contributed by atoms with Crippen LogP contribution in [0.3, 0.4) is 0 Å². The van der Waals surface area contributed by atoms with Crippen LogP contribution in [0.25, 0.3) is 17.1 Å². The van der Waals surface area contributed by atoms with Crippen molar-refractivity contribution in [3.8, 4) is 28.6 Å². The van der Waals surface area contributed by atoms with E-state index in [0.29, 0.717) is 26.7 Å². The molecular formula is C15H12ClN3O2S. The number of H-pyrrole nitrogens is 1. The molecule has 0 bridgehead atoms. The lowest BCUT2D eigenvalue weighted by Gasteiger charge is -2.10. The van der Waals surface area contributed by atoms with Crippen LogP contribution in [0.15, 0.2) is 36.4 Å². The average molecular weight is 334 g/mol. The summed E-state index contributed by atoms with van der Waals surface area (Å²) in [5, 5.41) is 27.3. The summed E-state index contributed by atoms with van der Waals surface area (Å²) in [6.45, 7) is 1.74. The van der Waals surface area contributed by atoms with Gasteiger partial charge in [-0.05, 0) is 55.0 Å². The van der Waals surface area contributed by atoms with Crippen molar-refractivity contribution in [3.63, 3.8) is 0 Å². The predicted molar refractivity (Wildman–Crippen MR) is 87.3 cm³/mol. The molecule has 3 N–H and O–H groups in total. The van der Waals surface area contributed by atoms with Crippen molar-refractivity contribution in [2.75, 3.05) is 0 Å². The molecule has 0 saturated heterocycles. The maximum Gasteiger partial charge on any atom is 0.200 e. The quantitative estimate of drug-likeness (QED) is 0.620. The van der Waals surface area contributed by atoms with Crippen LogP contribution >= 0.6 is 23.8 Å². The normalized spacial score (nSPS) is 10.8. The fourth-order valence-corrected chi connectivity index (χ4v) is 2.54. The number of aromatic nitrogens is 3. The Hall–Kier alpha value is -2.31. The molecule has 3 aromatic rings. The molecule has 1 aromatic heterocycles. The summed E-state index contributed by atoms with van der Waals surface area (Å²) in [5.74, 6) is 0.397. The van der Waals surface area contributed by atoms with E-state index in [2.05, 4.69) is 10.2 Å². The van der Waals surface area contributed by atoms with Gasteiger partial charge in [-0.25, -0.2) is 0 Å². The summed E-state index contributed by atoms with van der Waals surface area (Å²) >= 11 is 11.2. The van der Waals surface area contributed by atoms with Crippen LogP contribution in [0.2, 0.25) is 5.02 Å². The standard InChI is InChI=1S/C15H12ClN3O2S/c1-8-6-11(13(21)7-12(8)20)14-17-18-15(22)19(14)10-4-2-9(16)3-5-10/h2-7,20-21H,1H3,(H,18,22). The lowest BCUT2D eigenvalue weighted by atomic mass is 10.1. The fourth-order valence-electron chi connectivity index (χ4n) is 2.17. The number of halogens is 1. The predicted octanol–water partition coefficient (Wildman–Crippen LogP) is 3.97. The second-order valence-electron chi connectivity index (χ2n) is 4.82. The molecule has 0 fully saturated rings. The van der Waals surface area contributed by atoms with Gasteiger partial charge < -0.3 is 10.2 Å². The molecule has 3 rings (SSSR count). The summed E-state index contributed by atoms with van der Waals surface area (Å²) in [6, 6.07) is 10.0. The Labute approximate surface area is 136 Å². The van der Waals surface area contributed by atoms with Gasteiger partial charge >= 0.3 is 0 Å². The first-order valence-corrected chi connectivity index (χ1v) is 7.22. The van der Waals surface area contributed by atoms with Gasteiger partial charge in [-0.1, -0.05) is 11.6 Å². The minimum atomic E-state index is -0.0766. The fraction of sp³-hybridized carbons (Fsp3) is 0.0667. The highest BCUT2D eigenvalue weighted by molar-refractivity contribution is 7.71. The number of phenolic OH excluding ortho intramolecular Hbond substituents is 2. The van der Waals surface area contributed by atoms with Gasteiger partial charge in [-0.3, -0.25) is 9.67 Å². The zero-order chi connectivity index (χ0) is 15.9. The van der Waals surface area contributed by atoms with E-state index < -0.39 is 0 Å². The summed E-state index contributed by atoms with van der Waals surface area (Å²) in [4.78, 5) is 0. The van der Waals surface area contributed by atoms with E-state index in [1.54, 1.807) is 29.7 Å². The van der Waals surface area contributed by atoms with Gasteiger partial charge in [0.1, 0.15) is 11.5 Å². The van der Waals surface area contributed by atoms with E-state index in [1.807, 2.05) is 12.1 Å². The highest BCUT2D eigenvalue weighted by Gasteiger charge is 2.16. The minimum Gasteiger partial charge on any atom is -0.508 e. The van der Waals surface area contributed by atoms with Crippen LogP contribution in [0, 0.1) is 11.7 Å². The number of hydrogen-bond acceptors (Lipinski definition) is 4. The monoisotopic (exact) mass is 333 g/mol. The van der Waals surface area contributed by atoms with Gasteiger partial charge in [0.25, 0.3) is 0 Å². The Bertz CT molecular complexity index is 900. The molecule has 2 aromatic carbocycles. The molecule has 0 radical (unpaired) electrons. The summed E-state index contributed by atoms with van der Waals surface area (Å²) in [6.07, 6.45) is 0. The first-order valence-electron chi connectivity index (χ1n) is 6.43. The van der Waals surface area contributed by atoms with E-state index in [1.165, 1.54) is 6.07 Å².